The highest BCUT2D eigenvalue weighted by molar-refractivity contribution is 6.88. The summed E-state index contributed by atoms with van der Waals surface area (Å²) in [6.45, 7) is 12.1. The molecule has 0 atom stereocenters. The molecule has 2 heteroatoms. The first-order valence-electron chi connectivity index (χ1n) is 5.44. The SMILES string of the molecule is C=C(F)/C=C(\C)c1ccc([Si](C)(C)C)cc1. The van der Waals surface area contributed by atoms with Gasteiger partial charge in [0.25, 0.3) is 0 Å². The van der Waals surface area contributed by atoms with Gasteiger partial charge in [-0.15, -0.1) is 0 Å². The van der Waals surface area contributed by atoms with E-state index in [-0.39, 0.29) is 0 Å². The normalized spacial score (nSPS) is 12.7. The molecule has 0 heterocycles. The lowest BCUT2D eigenvalue weighted by Gasteiger charge is -2.16. The van der Waals surface area contributed by atoms with Crippen LogP contribution in [0.5, 0.6) is 0 Å². The lowest BCUT2D eigenvalue weighted by Crippen LogP contribution is -2.37. The summed E-state index contributed by atoms with van der Waals surface area (Å²) in [7, 11) is -1.23. The summed E-state index contributed by atoms with van der Waals surface area (Å²) in [4.78, 5) is 0. The quantitative estimate of drug-likeness (QED) is 0.545. The number of rotatable bonds is 3. The number of benzene rings is 1. The Bertz CT molecular complexity index is 407. The molecule has 1 aromatic carbocycles. The Hall–Kier alpha value is -1.15. The van der Waals surface area contributed by atoms with Crippen molar-refractivity contribution in [2.75, 3.05) is 0 Å². The van der Waals surface area contributed by atoms with E-state index in [1.54, 1.807) is 0 Å². The van der Waals surface area contributed by atoms with Gasteiger partial charge in [-0.3, -0.25) is 0 Å². The Balaban J connectivity index is 3.00. The Morgan fingerprint density at radius 1 is 1.19 bits per heavy atom. The van der Waals surface area contributed by atoms with Gasteiger partial charge in [-0.05, 0) is 24.1 Å². The van der Waals surface area contributed by atoms with Crippen molar-refractivity contribution in [3.8, 4) is 0 Å². The van der Waals surface area contributed by atoms with E-state index in [0.29, 0.717) is 0 Å². The van der Waals surface area contributed by atoms with Gasteiger partial charge in [0.05, 0.1) is 8.07 Å². The van der Waals surface area contributed by atoms with E-state index < -0.39 is 13.9 Å². The Labute approximate surface area is 98.5 Å². The van der Waals surface area contributed by atoms with Crippen molar-refractivity contribution in [3.05, 3.63) is 48.3 Å². The van der Waals surface area contributed by atoms with Gasteiger partial charge in [-0.2, -0.15) is 0 Å². The minimum Gasteiger partial charge on any atom is -0.208 e. The Morgan fingerprint density at radius 2 is 1.69 bits per heavy atom. The van der Waals surface area contributed by atoms with Crippen LogP contribution in [0, 0.1) is 0 Å². The molecule has 0 aliphatic rings. The van der Waals surface area contributed by atoms with Crippen molar-refractivity contribution < 1.29 is 4.39 Å². The van der Waals surface area contributed by atoms with E-state index >= 15 is 0 Å². The standard InChI is InChI=1S/C14H19FSi/c1-11(10-12(2)15)13-6-8-14(9-7-13)16(3,4)5/h6-10H,2H2,1,3-5H3/b11-10+. The molecule has 1 rings (SSSR count). The van der Waals surface area contributed by atoms with Gasteiger partial charge in [-0.25, -0.2) is 4.39 Å². The van der Waals surface area contributed by atoms with E-state index in [4.69, 9.17) is 0 Å². The van der Waals surface area contributed by atoms with Gasteiger partial charge in [0.15, 0.2) is 0 Å². The monoisotopic (exact) mass is 234 g/mol. The second-order valence-electron chi connectivity index (χ2n) is 5.10. The topological polar surface area (TPSA) is 0 Å². The fourth-order valence-electron chi connectivity index (χ4n) is 1.55. The summed E-state index contributed by atoms with van der Waals surface area (Å²) in [6.07, 6.45) is 1.46. The Morgan fingerprint density at radius 3 is 2.06 bits per heavy atom. The molecule has 0 saturated heterocycles. The molecule has 0 saturated carbocycles. The molecule has 86 valence electrons. The maximum absolute atomic E-state index is 12.6. The van der Waals surface area contributed by atoms with Crippen LogP contribution >= 0.6 is 0 Å². The molecular weight excluding hydrogens is 215 g/mol. The van der Waals surface area contributed by atoms with Gasteiger partial charge < -0.3 is 0 Å². The van der Waals surface area contributed by atoms with Crippen LogP contribution in [0.25, 0.3) is 5.57 Å². The fourth-order valence-corrected chi connectivity index (χ4v) is 2.72. The molecule has 0 N–H and O–H groups in total. The number of halogens is 1. The van der Waals surface area contributed by atoms with Crippen LogP contribution in [-0.2, 0) is 0 Å². The summed E-state index contributed by atoms with van der Waals surface area (Å²) >= 11 is 0. The van der Waals surface area contributed by atoms with Gasteiger partial charge in [0, 0.05) is 0 Å². The summed E-state index contributed by atoms with van der Waals surface area (Å²) in [5, 5.41) is 1.42. The van der Waals surface area contributed by atoms with E-state index in [1.807, 2.05) is 6.92 Å². The molecule has 0 radical (unpaired) electrons. The fraction of sp³-hybridized carbons (Fsp3) is 0.286. The van der Waals surface area contributed by atoms with Gasteiger partial charge >= 0.3 is 0 Å². The maximum Gasteiger partial charge on any atom is 0.116 e. The summed E-state index contributed by atoms with van der Waals surface area (Å²) < 4.78 is 12.6. The minimum atomic E-state index is -1.23. The second kappa shape index (κ2) is 4.79. The van der Waals surface area contributed by atoms with Crippen LogP contribution in [-0.4, -0.2) is 8.07 Å². The molecule has 0 aliphatic carbocycles. The highest BCUT2D eigenvalue weighted by atomic mass is 28.3. The second-order valence-corrected chi connectivity index (χ2v) is 10.2. The molecule has 1 aromatic rings. The summed E-state index contributed by atoms with van der Waals surface area (Å²) in [5.41, 5.74) is 1.97. The molecule has 0 nitrogen and oxygen atoms in total. The molecule has 0 fully saturated rings. The van der Waals surface area contributed by atoms with Crippen LogP contribution in [0.2, 0.25) is 19.6 Å². The third-order valence-corrected chi connectivity index (χ3v) is 4.64. The van der Waals surface area contributed by atoms with Crippen LogP contribution in [0.3, 0.4) is 0 Å². The van der Waals surface area contributed by atoms with Crippen LogP contribution in [0.4, 0.5) is 4.39 Å². The molecule has 0 amide bonds. The summed E-state index contributed by atoms with van der Waals surface area (Å²) in [5.74, 6) is -0.397. The average molecular weight is 234 g/mol. The first kappa shape index (κ1) is 12.9. The number of allylic oxidation sites excluding steroid dienone is 3. The third-order valence-electron chi connectivity index (χ3n) is 2.58. The zero-order valence-corrected chi connectivity index (χ0v) is 11.5. The molecule has 0 bridgehead atoms. The Kier molecular flexibility index (Phi) is 3.86. The van der Waals surface area contributed by atoms with Crippen molar-refractivity contribution in [2.24, 2.45) is 0 Å². The molecule has 16 heavy (non-hydrogen) atoms. The van der Waals surface area contributed by atoms with Gasteiger partial charge in [0.1, 0.15) is 5.83 Å². The minimum absolute atomic E-state index is 0.397. The lowest BCUT2D eigenvalue weighted by atomic mass is 10.1. The zero-order chi connectivity index (χ0) is 12.3. The molecule has 0 aliphatic heterocycles. The maximum atomic E-state index is 12.6. The van der Waals surface area contributed by atoms with Crippen LogP contribution < -0.4 is 5.19 Å². The average Bonchev–Trinajstić information content (AvgIpc) is 2.15. The van der Waals surface area contributed by atoms with E-state index in [1.165, 1.54) is 11.3 Å². The van der Waals surface area contributed by atoms with Crippen molar-refractivity contribution in [2.45, 2.75) is 26.6 Å². The number of hydrogen-bond acceptors (Lipinski definition) is 0. The molecular formula is C14H19FSi. The van der Waals surface area contributed by atoms with E-state index in [2.05, 4.69) is 50.5 Å². The molecule has 0 unspecified atom stereocenters. The smallest absolute Gasteiger partial charge is 0.116 e. The molecule has 0 spiro atoms. The predicted octanol–water partition coefficient (Wildman–Crippen LogP) is 4.12. The van der Waals surface area contributed by atoms with Crippen LogP contribution in [0.15, 0.2) is 42.7 Å². The van der Waals surface area contributed by atoms with Crippen molar-refractivity contribution in [1.29, 1.82) is 0 Å². The third kappa shape index (κ3) is 3.45. The van der Waals surface area contributed by atoms with Gasteiger partial charge in [-0.1, -0.05) is 55.7 Å². The highest BCUT2D eigenvalue weighted by Gasteiger charge is 2.15. The molecule has 0 aromatic heterocycles. The highest BCUT2D eigenvalue weighted by Crippen LogP contribution is 2.15. The first-order chi connectivity index (χ1) is 7.30. The van der Waals surface area contributed by atoms with Crippen molar-refractivity contribution >= 4 is 18.8 Å². The number of hydrogen-bond donors (Lipinski definition) is 0. The van der Waals surface area contributed by atoms with Crippen molar-refractivity contribution in [1.82, 2.24) is 0 Å². The zero-order valence-electron chi connectivity index (χ0n) is 10.5. The summed E-state index contributed by atoms with van der Waals surface area (Å²) in [6, 6.07) is 8.42. The predicted molar refractivity (Wildman–Crippen MR) is 73.3 cm³/mol. The lowest BCUT2D eigenvalue weighted by molar-refractivity contribution is 0.672. The van der Waals surface area contributed by atoms with Crippen LogP contribution in [0.1, 0.15) is 12.5 Å². The largest absolute Gasteiger partial charge is 0.208 e. The van der Waals surface area contributed by atoms with E-state index in [0.717, 1.165) is 11.1 Å². The van der Waals surface area contributed by atoms with Crippen molar-refractivity contribution in [3.63, 3.8) is 0 Å². The van der Waals surface area contributed by atoms with E-state index in [9.17, 15) is 4.39 Å². The first-order valence-corrected chi connectivity index (χ1v) is 8.94. The van der Waals surface area contributed by atoms with Gasteiger partial charge in [0.2, 0.25) is 0 Å².